The van der Waals surface area contributed by atoms with Crippen LogP contribution >= 0.6 is 0 Å². The van der Waals surface area contributed by atoms with Gasteiger partial charge in [0.15, 0.2) is 11.6 Å². The predicted molar refractivity (Wildman–Crippen MR) is 143 cm³/mol. The van der Waals surface area contributed by atoms with E-state index in [1.54, 1.807) is 12.4 Å². The van der Waals surface area contributed by atoms with Gasteiger partial charge in [0, 0.05) is 25.2 Å². The number of carboxylic acid groups (broad SMARTS) is 1. The zero-order chi connectivity index (χ0) is 26.8. The molecule has 0 aliphatic carbocycles. The van der Waals surface area contributed by atoms with Crippen molar-refractivity contribution in [2.45, 2.75) is 51.2 Å². The number of pyridine rings is 1. The Morgan fingerprint density at radius 1 is 1.18 bits per heavy atom. The predicted octanol–water partition coefficient (Wildman–Crippen LogP) is 3.47. The first-order valence-electron chi connectivity index (χ1n) is 13.0. The summed E-state index contributed by atoms with van der Waals surface area (Å²) in [5.74, 6) is 1.71. The summed E-state index contributed by atoms with van der Waals surface area (Å²) in [6.07, 6.45) is 8.37. The SMILES string of the molecule is C[C@@H]1CCCN1c1cc(-c2cnc(N)c(Oc3cnn(C4CCN(C)CC4)c3)n2)cc(CN(C)C(=O)O)n1. The van der Waals surface area contributed by atoms with Crippen LogP contribution in [0.3, 0.4) is 0 Å². The Balaban J connectivity index is 1.42. The van der Waals surface area contributed by atoms with E-state index in [1.165, 1.54) is 11.9 Å². The molecule has 202 valence electrons. The number of amides is 1. The molecule has 3 aromatic rings. The van der Waals surface area contributed by atoms with Crippen LogP contribution in [-0.4, -0.2) is 85.5 Å². The third-order valence-corrected chi connectivity index (χ3v) is 7.36. The van der Waals surface area contributed by atoms with E-state index in [0.29, 0.717) is 29.2 Å². The van der Waals surface area contributed by atoms with Crippen LogP contribution in [0.5, 0.6) is 11.6 Å². The quantitative estimate of drug-likeness (QED) is 0.475. The number of nitrogens with zero attached hydrogens (tertiary/aromatic N) is 8. The van der Waals surface area contributed by atoms with E-state index in [-0.39, 0.29) is 18.2 Å². The zero-order valence-corrected chi connectivity index (χ0v) is 22.1. The highest BCUT2D eigenvalue weighted by atomic mass is 16.5. The van der Waals surface area contributed by atoms with E-state index < -0.39 is 6.09 Å². The molecule has 0 aromatic carbocycles. The summed E-state index contributed by atoms with van der Waals surface area (Å²) in [7, 11) is 3.66. The van der Waals surface area contributed by atoms with Crippen LogP contribution in [0, 0.1) is 0 Å². The first-order valence-corrected chi connectivity index (χ1v) is 13.0. The molecule has 2 saturated heterocycles. The van der Waals surface area contributed by atoms with Crippen LogP contribution in [0.15, 0.2) is 30.7 Å². The maximum atomic E-state index is 11.5. The van der Waals surface area contributed by atoms with Crippen molar-refractivity contribution in [3.8, 4) is 22.9 Å². The number of ether oxygens (including phenoxy) is 1. The Hall–Kier alpha value is -3.93. The molecule has 2 aliphatic rings. The van der Waals surface area contributed by atoms with Crippen LogP contribution in [0.2, 0.25) is 0 Å². The molecule has 12 nitrogen and oxygen atoms in total. The monoisotopic (exact) mass is 521 g/mol. The van der Waals surface area contributed by atoms with Gasteiger partial charge in [-0.15, -0.1) is 0 Å². The second-order valence-electron chi connectivity index (χ2n) is 10.3. The number of hydrogen-bond acceptors (Lipinski definition) is 9. The average molecular weight is 522 g/mol. The molecular weight excluding hydrogens is 486 g/mol. The second kappa shape index (κ2) is 10.8. The Kier molecular flexibility index (Phi) is 7.32. The van der Waals surface area contributed by atoms with Gasteiger partial charge >= 0.3 is 6.09 Å². The fraction of sp³-hybridized carbons (Fsp3) is 0.500. The van der Waals surface area contributed by atoms with Gasteiger partial charge in [0.1, 0.15) is 5.82 Å². The molecule has 1 amide bonds. The molecule has 0 bridgehead atoms. The number of carbonyl (C=O) groups is 1. The summed E-state index contributed by atoms with van der Waals surface area (Å²) in [5, 5.41) is 13.9. The molecule has 1 atom stereocenters. The van der Waals surface area contributed by atoms with Gasteiger partial charge in [-0.1, -0.05) is 0 Å². The number of hydrogen-bond donors (Lipinski definition) is 2. The van der Waals surface area contributed by atoms with Gasteiger partial charge in [-0.05, 0) is 64.9 Å². The first-order chi connectivity index (χ1) is 18.3. The summed E-state index contributed by atoms with van der Waals surface area (Å²) in [6, 6.07) is 4.49. The minimum Gasteiger partial charge on any atom is -0.465 e. The molecule has 0 unspecified atom stereocenters. The smallest absolute Gasteiger partial charge is 0.407 e. The summed E-state index contributed by atoms with van der Waals surface area (Å²) >= 11 is 0. The molecule has 5 heterocycles. The van der Waals surface area contributed by atoms with Gasteiger partial charge in [-0.2, -0.15) is 5.10 Å². The van der Waals surface area contributed by atoms with E-state index >= 15 is 0 Å². The van der Waals surface area contributed by atoms with E-state index in [0.717, 1.165) is 56.7 Å². The number of piperidine rings is 1. The van der Waals surface area contributed by atoms with Gasteiger partial charge < -0.3 is 30.3 Å². The Labute approximate surface area is 222 Å². The average Bonchev–Trinajstić information content (AvgIpc) is 3.54. The van der Waals surface area contributed by atoms with Crippen LogP contribution in [0.4, 0.5) is 16.4 Å². The third kappa shape index (κ3) is 5.64. The van der Waals surface area contributed by atoms with E-state index in [2.05, 4.69) is 38.8 Å². The molecule has 0 saturated carbocycles. The summed E-state index contributed by atoms with van der Waals surface area (Å²) in [5.41, 5.74) is 8.09. The molecule has 12 heteroatoms. The van der Waals surface area contributed by atoms with Crippen LogP contribution in [0.1, 0.15) is 44.3 Å². The van der Waals surface area contributed by atoms with Gasteiger partial charge in [-0.25, -0.2) is 19.7 Å². The van der Waals surface area contributed by atoms with E-state index in [9.17, 15) is 9.90 Å². The second-order valence-corrected chi connectivity index (χ2v) is 10.3. The lowest BCUT2D eigenvalue weighted by molar-refractivity contribution is 0.153. The van der Waals surface area contributed by atoms with E-state index in [4.69, 9.17) is 15.5 Å². The number of anilines is 2. The molecule has 3 N–H and O–H groups in total. The number of aromatic nitrogens is 5. The molecule has 5 rings (SSSR count). The Morgan fingerprint density at radius 2 is 1.97 bits per heavy atom. The minimum atomic E-state index is -1.02. The van der Waals surface area contributed by atoms with Gasteiger partial charge in [0.05, 0.1) is 42.6 Å². The van der Waals surface area contributed by atoms with Crippen molar-refractivity contribution >= 4 is 17.7 Å². The van der Waals surface area contributed by atoms with Crippen LogP contribution in [0.25, 0.3) is 11.3 Å². The molecule has 2 aliphatic heterocycles. The van der Waals surface area contributed by atoms with Crippen molar-refractivity contribution in [2.75, 3.05) is 44.4 Å². The van der Waals surface area contributed by atoms with Crippen molar-refractivity contribution in [3.63, 3.8) is 0 Å². The van der Waals surface area contributed by atoms with Crippen molar-refractivity contribution in [1.82, 2.24) is 34.5 Å². The van der Waals surface area contributed by atoms with Crippen LogP contribution in [-0.2, 0) is 6.54 Å². The molecule has 38 heavy (non-hydrogen) atoms. The fourth-order valence-corrected chi connectivity index (χ4v) is 5.07. The van der Waals surface area contributed by atoms with Crippen molar-refractivity contribution in [2.24, 2.45) is 0 Å². The third-order valence-electron chi connectivity index (χ3n) is 7.36. The summed E-state index contributed by atoms with van der Waals surface area (Å²) in [6.45, 7) is 5.30. The lowest BCUT2D eigenvalue weighted by Crippen LogP contribution is -2.31. The molecule has 0 radical (unpaired) electrons. The van der Waals surface area contributed by atoms with E-state index in [1.807, 2.05) is 23.0 Å². The summed E-state index contributed by atoms with van der Waals surface area (Å²) in [4.78, 5) is 31.0. The first kappa shape index (κ1) is 25.7. The number of nitrogen functional groups attached to an aromatic ring is 1. The normalized spacial score (nSPS) is 18.6. The van der Waals surface area contributed by atoms with Crippen molar-refractivity contribution in [3.05, 3.63) is 36.4 Å². The number of nitrogens with two attached hydrogens (primary N) is 1. The van der Waals surface area contributed by atoms with Crippen molar-refractivity contribution in [1.29, 1.82) is 0 Å². The van der Waals surface area contributed by atoms with Gasteiger partial charge in [0.2, 0.25) is 0 Å². The number of rotatable bonds is 7. The lowest BCUT2D eigenvalue weighted by Gasteiger charge is -2.28. The van der Waals surface area contributed by atoms with Gasteiger partial charge in [-0.3, -0.25) is 4.68 Å². The standard InChI is InChI=1S/C26H35N9O3/c1-17-5-4-8-34(17)23-12-18(11-19(30-23)15-33(3)26(36)37)22-14-28-24(27)25(31-22)38-21-13-29-35(16-21)20-6-9-32(2)10-7-20/h11-14,16-17,20H,4-10,15H2,1-3H3,(H2,27,28)(H,36,37)/t17-/m1/s1. The molecular formula is C26H35N9O3. The van der Waals surface area contributed by atoms with Crippen LogP contribution < -0.4 is 15.4 Å². The zero-order valence-electron chi connectivity index (χ0n) is 22.1. The largest absolute Gasteiger partial charge is 0.465 e. The van der Waals surface area contributed by atoms with Crippen molar-refractivity contribution < 1.29 is 14.6 Å². The Morgan fingerprint density at radius 3 is 2.68 bits per heavy atom. The lowest BCUT2D eigenvalue weighted by atomic mass is 10.1. The fourth-order valence-electron chi connectivity index (χ4n) is 5.07. The molecule has 0 spiro atoms. The highest BCUT2D eigenvalue weighted by Gasteiger charge is 2.24. The minimum absolute atomic E-state index is 0.153. The Bertz CT molecular complexity index is 1290. The topological polar surface area (TPSA) is 139 Å². The molecule has 2 fully saturated rings. The van der Waals surface area contributed by atoms with Gasteiger partial charge in [0.25, 0.3) is 5.88 Å². The summed E-state index contributed by atoms with van der Waals surface area (Å²) < 4.78 is 7.98. The number of likely N-dealkylation sites (tertiary alicyclic amines) is 1. The maximum Gasteiger partial charge on any atom is 0.407 e. The highest BCUT2D eigenvalue weighted by Crippen LogP contribution is 2.32. The maximum absolute atomic E-state index is 11.5. The molecule has 3 aromatic heterocycles. The highest BCUT2D eigenvalue weighted by molar-refractivity contribution is 5.67.